The number of hydrogen-bond acceptors (Lipinski definition) is 3. The van der Waals surface area contributed by atoms with Crippen molar-refractivity contribution >= 4 is 5.78 Å². The summed E-state index contributed by atoms with van der Waals surface area (Å²) in [5.41, 5.74) is 0.502. The molecule has 68 valence electrons. The van der Waals surface area contributed by atoms with Gasteiger partial charge in [-0.1, -0.05) is 13.8 Å². The van der Waals surface area contributed by atoms with E-state index in [0.29, 0.717) is 11.5 Å². The quantitative estimate of drug-likeness (QED) is 0.697. The highest BCUT2D eigenvalue weighted by Gasteiger charge is 2.14. The molecule has 0 saturated carbocycles. The lowest BCUT2D eigenvalue weighted by Crippen LogP contribution is -1.96. The Morgan fingerprint density at radius 2 is 2.23 bits per heavy atom. The van der Waals surface area contributed by atoms with Crippen molar-refractivity contribution in [2.45, 2.75) is 26.7 Å². The van der Waals surface area contributed by atoms with E-state index < -0.39 is 0 Å². The van der Waals surface area contributed by atoms with E-state index in [2.05, 4.69) is 9.97 Å². The van der Waals surface area contributed by atoms with Crippen LogP contribution in [0.15, 0.2) is 0 Å². The van der Waals surface area contributed by atoms with Gasteiger partial charge < -0.3 is 4.98 Å². The van der Waals surface area contributed by atoms with E-state index in [1.165, 1.54) is 6.92 Å². The summed E-state index contributed by atoms with van der Waals surface area (Å²) in [6, 6.07) is 1.89. The molecule has 13 heavy (non-hydrogen) atoms. The predicted molar refractivity (Wildman–Crippen MR) is 47.4 cm³/mol. The van der Waals surface area contributed by atoms with E-state index in [1.807, 2.05) is 19.9 Å². The predicted octanol–water partition coefficient (Wildman–Crippen LogP) is 1.61. The number of carbonyl (C=O) groups is 1. The van der Waals surface area contributed by atoms with Crippen LogP contribution >= 0.6 is 0 Å². The summed E-state index contributed by atoms with van der Waals surface area (Å²) in [6.07, 6.45) is 0. The third kappa shape index (κ3) is 1.75. The second kappa shape index (κ2) is 3.40. The van der Waals surface area contributed by atoms with Crippen molar-refractivity contribution < 1.29 is 4.79 Å². The first-order chi connectivity index (χ1) is 6.06. The molecule has 0 spiro atoms. The number of carbonyl (C=O) groups excluding carboxylic acids is 1. The lowest BCUT2D eigenvalue weighted by atomic mass is 10.2. The molecule has 1 rings (SSSR count). The molecule has 1 N–H and O–H groups in total. The number of ketones is 1. The molecular weight excluding hydrogens is 166 g/mol. The molecule has 0 aliphatic carbocycles. The molecule has 1 heterocycles. The van der Waals surface area contributed by atoms with Crippen LogP contribution in [0.25, 0.3) is 0 Å². The fourth-order valence-electron chi connectivity index (χ4n) is 1.00. The normalized spacial score (nSPS) is 10.1. The minimum absolute atomic E-state index is 0.157. The minimum Gasteiger partial charge on any atom is -0.338 e. The fraction of sp³-hybridized carbons (Fsp3) is 0.444. The number of imidazole rings is 1. The molecule has 1 aromatic heterocycles. The molecule has 1 aromatic rings. The minimum atomic E-state index is -0.157. The fourth-order valence-corrected chi connectivity index (χ4v) is 1.00. The number of nitrogens with one attached hydrogen (secondary N) is 1. The van der Waals surface area contributed by atoms with E-state index in [0.717, 1.165) is 0 Å². The van der Waals surface area contributed by atoms with Gasteiger partial charge in [0.05, 0.1) is 0 Å². The maximum atomic E-state index is 11.0. The molecule has 0 atom stereocenters. The van der Waals surface area contributed by atoms with Gasteiger partial charge in [-0.25, -0.2) is 4.98 Å². The third-order valence-corrected chi connectivity index (χ3v) is 1.73. The summed E-state index contributed by atoms with van der Waals surface area (Å²) in [5, 5.41) is 8.68. The van der Waals surface area contributed by atoms with Gasteiger partial charge in [0, 0.05) is 12.8 Å². The van der Waals surface area contributed by atoms with Crippen molar-refractivity contribution in [3.63, 3.8) is 0 Å². The van der Waals surface area contributed by atoms with E-state index in [4.69, 9.17) is 5.26 Å². The van der Waals surface area contributed by atoms with Crippen LogP contribution < -0.4 is 0 Å². The van der Waals surface area contributed by atoms with Gasteiger partial charge in [0.15, 0.2) is 11.5 Å². The monoisotopic (exact) mass is 177 g/mol. The second-order valence-electron chi connectivity index (χ2n) is 3.17. The first-order valence-electron chi connectivity index (χ1n) is 4.07. The van der Waals surface area contributed by atoms with Gasteiger partial charge in [0.1, 0.15) is 17.6 Å². The first kappa shape index (κ1) is 9.46. The number of aromatic amines is 1. The van der Waals surface area contributed by atoms with Crippen molar-refractivity contribution in [3.05, 3.63) is 17.2 Å². The zero-order chi connectivity index (χ0) is 10.0. The molecule has 4 heteroatoms. The Kier molecular flexibility index (Phi) is 2.47. The van der Waals surface area contributed by atoms with Crippen LogP contribution in [0.3, 0.4) is 0 Å². The van der Waals surface area contributed by atoms with Gasteiger partial charge in [-0.3, -0.25) is 4.79 Å². The summed E-state index contributed by atoms with van der Waals surface area (Å²) in [4.78, 5) is 17.9. The Hall–Kier alpha value is -1.63. The Morgan fingerprint density at radius 3 is 2.54 bits per heavy atom. The van der Waals surface area contributed by atoms with Gasteiger partial charge in [-0.15, -0.1) is 0 Å². The van der Waals surface area contributed by atoms with Gasteiger partial charge in [-0.2, -0.15) is 5.26 Å². The van der Waals surface area contributed by atoms with Crippen LogP contribution in [0, 0.1) is 11.3 Å². The van der Waals surface area contributed by atoms with Gasteiger partial charge in [0.25, 0.3) is 0 Å². The molecule has 0 amide bonds. The molecule has 0 radical (unpaired) electrons. The lowest BCUT2D eigenvalue weighted by Gasteiger charge is -1.96. The summed E-state index contributed by atoms with van der Waals surface area (Å²) < 4.78 is 0. The van der Waals surface area contributed by atoms with Crippen LogP contribution in [0.1, 0.15) is 48.7 Å². The highest BCUT2D eigenvalue weighted by atomic mass is 16.1. The molecule has 4 nitrogen and oxygen atoms in total. The zero-order valence-electron chi connectivity index (χ0n) is 7.88. The molecule has 0 unspecified atom stereocenters. The summed E-state index contributed by atoms with van der Waals surface area (Å²) in [6.45, 7) is 5.31. The molecule has 0 bridgehead atoms. The lowest BCUT2D eigenvalue weighted by molar-refractivity contribution is 0.101. The maximum absolute atomic E-state index is 11.0. The molecular formula is C9H11N3O. The number of H-pyrrole nitrogens is 1. The Labute approximate surface area is 76.6 Å². The van der Waals surface area contributed by atoms with Crippen molar-refractivity contribution in [2.75, 3.05) is 0 Å². The summed E-state index contributed by atoms with van der Waals surface area (Å²) in [5.74, 6) is 0.720. The Bertz CT molecular complexity index is 371. The second-order valence-corrected chi connectivity index (χ2v) is 3.17. The van der Waals surface area contributed by atoms with Crippen molar-refractivity contribution in [1.29, 1.82) is 5.26 Å². The highest BCUT2D eigenvalue weighted by molar-refractivity contribution is 5.94. The number of hydrogen-bond donors (Lipinski definition) is 1. The standard InChI is InChI=1S/C9H11N3O/c1-5(2)9-11-7(4-10)8(12-9)6(3)13/h5H,1-3H3,(H,11,12). The molecule has 0 aliphatic rings. The average Bonchev–Trinajstić information content (AvgIpc) is 2.47. The van der Waals surface area contributed by atoms with Crippen LogP contribution in [0.4, 0.5) is 0 Å². The van der Waals surface area contributed by atoms with Gasteiger partial charge >= 0.3 is 0 Å². The van der Waals surface area contributed by atoms with Gasteiger partial charge in [-0.05, 0) is 0 Å². The van der Waals surface area contributed by atoms with Crippen molar-refractivity contribution in [1.82, 2.24) is 9.97 Å². The largest absolute Gasteiger partial charge is 0.338 e. The zero-order valence-corrected chi connectivity index (χ0v) is 7.88. The number of rotatable bonds is 2. The first-order valence-corrected chi connectivity index (χ1v) is 4.07. The van der Waals surface area contributed by atoms with E-state index in [1.54, 1.807) is 0 Å². The molecule has 0 aliphatic heterocycles. The molecule has 0 saturated heterocycles. The summed E-state index contributed by atoms with van der Waals surface area (Å²) in [7, 11) is 0. The van der Waals surface area contributed by atoms with E-state index in [9.17, 15) is 4.79 Å². The molecule has 0 fully saturated rings. The average molecular weight is 177 g/mol. The Morgan fingerprint density at radius 1 is 1.62 bits per heavy atom. The number of Topliss-reactive ketones (excluding diaryl/α,β-unsaturated/α-hetero) is 1. The SMILES string of the molecule is CC(=O)c1[nH]c(C(C)C)nc1C#N. The Balaban J connectivity index is 3.21. The van der Waals surface area contributed by atoms with Crippen LogP contribution in [0.2, 0.25) is 0 Å². The van der Waals surface area contributed by atoms with Crippen molar-refractivity contribution in [2.24, 2.45) is 0 Å². The van der Waals surface area contributed by atoms with Crippen LogP contribution in [-0.2, 0) is 0 Å². The maximum Gasteiger partial charge on any atom is 0.178 e. The molecule has 0 aromatic carbocycles. The third-order valence-electron chi connectivity index (χ3n) is 1.73. The topological polar surface area (TPSA) is 69.5 Å². The summed E-state index contributed by atoms with van der Waals surface area (Å²) >= 11 is 0. The number of aromatic nitrogens is 2. The van der Waals surface area contributed by atoms with Crippen LogP contribution in [0.5, 0.6) is 0 Å². The van der Waals surface area contributed by atoms with E-state index in [-0.39, 0.29) is 17.4 Å². The smallest absolute Gasteiger partial charge is 0.178 e. The van der Waals surface area contributed by atoms with Crippen LogP contribution in [-0.4, -0.2) is 15.8 Å². The van der Waals surface area contributed by atoms with E-state index >= 15 is 0 Å². The highest BCUT2D eigenvalue weighted by Crippen LogP contribution is 2.13. The number of nitrogens with zero attached hydrogens (tertiary/aromatic N) is 2. The van der Waals surface area contributed by atoms with Gasteiger partial charge in [0.2, 0.25) is 0 Å². The van der Waals surface area contributed by atoms with Crippen molar-refractivity contribution in [3.8, 4) is 6.07 Å². The number of nitriles is 1.